The second kappa shape index (κ2) is 9.91. The van der Waals surface area contributed by atoms with Crippen LogP contribution in [0.3, 0.4) is 0 Å². The van der Waals surface area contributed by atoms with Gasteiger partial charge in [0.1, 0.15) is 24.3 Å². The monoisotopic (exact) mass is 504 g/mol. The Balaban J connectivity index is 1.16. The SMILES string of the molecule is CO/N=C1\CC2(CCN(C(=O)C3(F)CCN(CC4CN(B(C)O)C4)CC3)CC2)Oc2ccc(F)cc21. The maximum absolute atomic E-state index is 15.8. The van der Waals surface area contributed by atoms with Crippen molar-refractivity contribution < 1.29 is 28.2 Å². The van der Waals surface area contributed by atoms with Crippen LogP contribution in [0.4, 0.5) is 8.78 Å². The van der Waals surface area contributed by atoms with Crippen LogP contribution in [0.25, 0.3) is 0 Å². The summed E-state index contributed by atoms with van der Waals surface area (Å²) >= 11 is 0. The van der Waals surface area contributed by atoms with E-state index in [2.05, 4.69) is 10.1 Å². The summed E-state index contributed by atoms with van der Waals surface area (Å²) in [5, 5.41) is 13.7. The van der Waals surface area contributed by atoms with E-state index in [1.807, 2.05) is 4.81 Å². The number of nitrogens with zero attached hydrogens (tertiary/aromatic N) is 4. The summed E-state index contributed by atoms with van der Waals surface area (Å²) < 4.78 is 35.9. The van der Waals surface area contributed by atoms with Crippen molar-refractivity contribution in [3.8, 4) is 5.75 Å². The Morgan fingerprint density at radius 3 is 2.56 bits per heavy atom. The molecule has 3 fully saturated rings. The molecule has 5 rings (SSSR count). The molecular weight excluding hydrogens is 469 g/mol. The highest BCUT2D eigenvalue weighted by Crippen LogP contribution is 2.41. The van der Waals surface area contributed by atoms with Gasteiger partial charge in [0.2, 0.25) is 0 Å². The molecular formula is C25H35BF2N4O4. The average Bonchev–Trinajstić information content (AvgIpc) is 2.83. The molecule has 11 heteroatoms. The minimum Gasteiger partial charge on any atom is -0.486 e. The highest BCUT2D eigenvalue weighted by molar-refractivity contribution is 6.45. The van der Waals surface area contributed by atoms with E-state index in [1.165, 1.54) is 19.2 Å². The van der Waals surface area contributed by atoms with Crippen molar-refractivity contribution in [2.75, 3.05) is 52.9 Å². The molecule has 3 saturated heterocycles. The number of piperidine rings is 2. The molecule has 0 saturated carbocycles. The first-order valence-electron chi connectivity index (χ1n) is 12.9. The fourth-order valence-corrected chi connectivity index (χ4v) is 6.06. The molecule has 0 bridgehead atoms. The second-order valence-electron chi connectivity index (χ2n) is 10.8. The van der Waals surface area contributed by atoms with E-state index < -0.39 is 24.2 Å². The van der Waals surface area contributed by atoms with E-state index in [-0.39, 0.29) is 18.7 Å². The van der Waals surface area contributed by atoms with Gasteiger partial charge in [-0.1, -0.05) is 5.16 Å². The number of hydrogen-bond acceptors (Lipinski definition) is 7. The molecule has 4 aliphatic rings. The highest BCUT2D eigenvalue weighted by atomic mass is 19.1. The smallest absolute Gasteiger partial charge is 0.376 e. The Hall–Kier alpha value is -2.24. The number of amides is 1. The van der Waals surface area contributed by atoms with Gasteiger partial charge in [-0.15, -0.1) is 0 Å². The lowest BCUT2D eigenvalue weighted by Gasteiger charge is -2.47. The van der Waals surface area contributed by atoms with Crippen LogP contribution < -0.4 is 4.74 Å². The van der Waals surface area contributed by atoms with Gasteiger partial charge in [-0.2, -0.15) is 0 Å². The third-order valence-corrected chi connectivity index (χ3v) is 8.29. The van der Waals surface area contributed by atoms with Crippen molar-refractivity contribution in [2.24, 2.45) is 11.1 Å². The Kier molecular flexibility index (Phi) is 6.99. The molecule has 1 aromatic carbocycles. The first-order chi connectivity index (χ1) is 17.2. The number of rotatable bonds is 5. The van der Waals surface area contributed by atoms with Crippen molar-refractivity contribution in [2.45, 2.75) is 50.2 Å². The Bertz CT molecular complexity index is 1000. The van der Waals surface area contributed by atoms with Gasteiger partial charge in [0, 0.05) is 70.4 Å². The van der Waals surface area contributed by atoms with Crippen LogP contribution in [0.5, 0.6) is 5.75 Å². The fourth-order valence-electron chi connectivity index (χ4n) is 6.06. The fraction of sp³-hybridized carbons (Fsp3) is 0.680. The van der Waals surface area contributed by atoms with Crippen LogP contribution in [0, 0.1) is 11.7 Å². The van der Waals surface area contributed by atoms with Crippen molar-refractivity contribution in [3.05, 3.63) is 29.6 Å². The molecule has 1 aromatic rings. The van der Waals surface area contributed by atoms with Crippen LogP contribution in [-0.2, 0) is 9.63 Å². The molecule has 4 heterocycles. The van der Waals surface area contributed by atoms with Crippen LogP contribution >= 0.6 is 0 Å². The van der Waals surface area contributed by atoms with E-state index in [0.29, 0.717) is 68.4 Å². The zero-order valence-corrected chi connectivity index (χ0v) is 21.1. The third kappa shape index (κ3) is 4.97. The van der Waals surface area contributed by atoms with Crippen LogP contribution in [0.1, 0.15) is 37.7 Å². The zero-order chi connectivity index (χ0) is 25.5. The van der Waals surface area contributed by atoms with Crippen molar-refractivity contribution >= 4 is 18.7 Å². The summed E-state index contributed by atoms with van der Waals surface area (Å²) in [5.74, 6) is 0.260. The van der Waals surface area contributed by atoms with Gasteiger partial charge in [0.25, 0.3) is 5.91 Å². The number of oxime groups is 1. The molecule has 4 aliphatic heterocycles. The van der Waals surface area contributed by atoms with Crippen LogP contribution in [0.2, 0.25) is 6.82 Å². The number of fused-ring (bicyclic) bond motifs is 1. The van der Waals surface area contributed by atoms with Crippen molar-refractivity contribution in [1.82, 2.24) is 14.6 Å². The summed E-state index contributed by atoms with van der Waals surface area (Å²) in [6, 6.07) is 4.35. The first-order valence-corrected chi connectivity index (χ1v) is 12.9. The summed E-state index contributed by atoms with van der Waals surface area (Å²) in [7, 11) is 1.04. The Morgan fingerprint density at radius 1 is 1.22 bits per heavy atom. The largest absolute Gasteiger partial charge is 0.486 e. The Labute approximate surface area is 211 Å². The maximum Gasteiger partial charge on any atom is 0.376 e. The predicted molar refractivity (Wildman–Crippen MR) is 132 cm³/mol. The Morgan fingerprint density at radius 2 is 1.92 bits per heavy atom. The zero-order valence-electron chi connectivity index (χ0n) is 21.1. The molecule has 0 aromatic heterocycles. The summed E-state index contributed by atoms with van der Waals surface area (Å²) in [4.78, 5) is 24.1. The normalized spacial score (nSPS) is 25.2. The molecule has 196 valence electrons. The number of carbonyl (C=O) groups is 1. The first kappa shape index (κ1) is 25.4. The van der Waals surface area contributed by atoms with Gasteiger partial charge in [-0.25, -0.2) is 8.78 Å². The summed E-state index contributed by atoms with van der Waals surface area (Å²) in [6.45, 7) is 6.33. The quantitative estimate of drug-likeness (QED) is 0.490. The van der Waals surface area contributed by atoms with Gasteiger partial charge in [0.05, 0.1) is 5.71 Å². The molecule has 0 unspecified atom stereocenters. The molecule has 8 nitrogen and oxygen atoms in total. The van der Waals surface area contributed by atoms with Gasteiger partial charge in [-0.05, 0) is 44.0 Å². The molecule has 1 amide bonds. The molecule has 0 atom stereocenters. The summed E-state index contributed by atoms with van der Waals surface area (Å²) in [6.07, 6.45) is 1.95. The number of likely N-dealkylation sites (tertiary alicyclic amines) is 2. The number of ether oxygens (including phenoxy) is 1. The molecule has 0 aliphatic carbocycles. The molecule has 0 radical (unpaired) electrons. The lowest BCUT2D eigenvalue weighted by Crippen LogP contribution is -2.59. The third-order valence-electron chi connectivity index (χ3n) is 8.29. The number of hydrogen-bond donors (Lipinski definition) is 1. The van der Waals surface area contributed by atoms with Crippen molar-refractivity contribution in [1.29, 1.82) is 0 Å². The van der Waals surface area contributed by atoms with Gasteiger partial charge < -0.3 is 29.2 Å². The van der Waals surface area contributed by atoms with Gasteiger partial charge in [0.15, 0.2) is 5.67 Å². The van der Waals surface area contributed by atoms with Crippen LogP contribution in [-0.4, -0.2) is 102 Å². The van der Waals surface area contributed by atoms with E-state index in [0.717, 1.165) is 19.6 Å². The summed E-state index contributed by atoms with van der Waals surface area (Å²) in [5.41, 5.74) is -1.20. The topological polar surface area (TPSA) is 77.8 Å². The minimum atomic E-state index is -1.83. The van der Waals surface area contributed by atoms with Crippen molar-refractivity contribution in [3.63, 3.8) is 0 Å². The van der Waals surface area contributed by atoms with Gasteiger partial charge >= 0.3 is 7.05 Å². The minimum absolute atomic E-state index is 0.209. The van der Waals surface area contributed by atoms with E-state index >= 15 is 4.39 Å². The number of benzene rings is 1. The average molecular weight is 504 g/mol. The highest BCUT2D eigenvalue weighted by Gasteiger charge is 2.49. The van der Waals surface area contributed by atoms with E-state index in [4.69, 9.17) is 9.57 Å². The van der Waals surface area contributed by atoms with E-state index in [1.54, 1.807) is 17.8 Å². The number of halogens is 2. The van der Waals surface area contributed by atoms with E-state index in [9.17, 15) is 14.2 Å². The van der Waals surface area contributed by atoms with Gasteiger partial charge in [-0.3, -0.25) is 4.79 Å². The predicted octanol–water partition coefficient (Wildman–Crippen LogP) is 2.17. The number of carbonyl (C=O) groups excluding carboxylic acids is 1. The number of alkyl halides is 1. The standard InChI is InChI=1S/C25H35BF2N4O4/c1-26(34)32-16-18(17-32)15-30-9-7-25(28,8-10-30)23(33)31-11-5-24(6-12-31)14-21(29-35-2)20-13-19(27)3-4-22(20)36-24/h3-4,13,18,34H,5-12,14-17H2,1-2H3/b29-21+. The maximum atomic E-state index is 15.8. The lowest BCUT2D eigenvalue weighted by molar-refractivity contribution is -0.151. The molecule has 1 N–H and O–H groups in total. The van der Waals surface area contributed by atoms with Crippen LogP contribution in [0.15, 0.2) is 23.4 Å². The molecule has 36 heavy (non-hydrogen) atoms. The second-order valence-corrected chi connectivity index (χ2v) is 10.8. The lowest BCUT2D eigenvalue weighted by atomic mass is 9.78. The molecule has 1 spiro atoms.